The van der Waals surface area contributed by atoms with Crippen molar-refractivity contribution in [2.45, 2.75) is 45.4 Å². The minimum absolute atomic E-state index is 0. The summed E-state index contributed by atoms with van der Waals surface area (Å²) in [6.45, 7) is 2.41. The van der Waals surface area contributed by atoms with E-state index >= 15 is 0 Å². The van der Waals surface area contributed by atoms with E-state index < -0.39 is 5.91 Å². The smallest absolute Gasteiger partial charge is 0.614 e. The number of amides is 1. The molecule has 1 aromatic rings. The molecule has 0 spiro atoms. The SMILES string of the molecule is CC[N-]n1c2c(cc(C(=O)NBr)c1=O)CCCCCC2.[Rb+]. The fourth-order valence-corrected chi connectivity index (χ4v) is 2.85. The van der Waals surface area contributed by atoms with E-state index in [-0.39, 0.29) is 69.3 Å². The van der Waals surface area contributed by atoms with Crippen LogP contribution in [0.25, 0.3) is 5.43 Å². The van der Waals surface area contributed by atoms with Gasteiger partial charge >= 0.3 is 58.2 Å². The Bertz CT molecular complexity index is 560. The summed E-state index contributed by atoms with van der Waals surface area (Å²) in [6.07, 6.45) is 6.29. The van der Waals surface area contributed by atoms with Crippen molar-refractivity contribution in [3.8, 4) is 0 Å². The van der Waals surface area contributed by atoms with Gasteiger partial charge in [0.05, 0.1) is 0 Å². The standard InChI is InChI=1S/C14H19BrN3O2.Rb/c1-2-16-18-12-8-6-4-3-5-7-10(12)9-11(14(18)20)13(19)17-15;/h9H,2-8H2,1H3,(H,17,19);/q-1;+1. The van der Waals surface area contributed by atoms with Gasteiger partial charge in [0.15, 0.2) is 0 Å². The van der Waals surface area contributed by atoms with Crippen molar-refractivity contribution in [1.82, 2.24) is 9.02 Å². The number of fused-ring (bicyclic) bond motifs is 1. The molecule has 1 aromatic heterocycles. The van der Waals surface area contributed by atoms with Crippen LogP contribution in [-0.2, 0) is 12.8 Å². The Labute approximate surface area is 182 Å². The van der Waals surface area contributed by atoms with Gasteiger partial charge in [-0.3, -0.25) is 13.9 Å². The number of nitrogens with zero attached hydrogens (tertiary/aromatic N) is 2. The second kappa shape index (κ2) is 9.60. The molecule has 0 unspecified atom stereocenters. The van der Waals surface area contributed by atoms with E-state index in [4.69, 9.17) is 0 Å². The van der Waals surface area contributed by atoms with Gasteiger partial charge in [-0.25, -0.2) is 0 Å². The van der Waals surface area contributed by atoms with Crippen LogP contribution in [-0.4, -0.2) is 17.1 Å². The number of carbonyl (C=O) groups excluding carboxylic acids is 1. The topological polar surface area (TPSA) is 65.2 Å². The molecule has 0 fully saturated rings. The van der Waals surface area contributed by atoms with Gasteiger partial charge in [-0.2, -0.15) is 0 Å². The third-order valence-electron chi connectivity index (χ3n) is 3.59. The summed E-state index contributed by atoms with van der Waals surface area (Å²) in [7, 11) is 0. The molecule has 1 N–H and O–H groups in total. The summed E-state index contributed by atoms with van der Waals surface area (Å²) in [5.41, 5.74) is 6.15. The molecule has 21 heavy (non-hydrogen) atoms. The van der Waals surface area contributed by atoms with Crippen LogP contribution in [0.15, 0.2) is 10.9 Å². The zero-order chi connectivity index (χ0) is 14.5. The molecule has 5 nitrogen and oxygen atoms in total. The predicted octanol–water partition coefficient (Wildman–Crippen LogP) is -0.292. The molecule has 1 aliphatic rings. The fourth-order valence-electron chi connectivity index (χ4n) is 2.64. The third kappa shape index (κ3) is 4.74. The first-order valence-corrected chi connectivity index (χ1v) is 7.85. The van der Waals surface area contributed by atoms with Crippen LogP contribution in [0.2, 0.25) is 0 Å². The Morgan fingerprint density at radius 2 is 2.00 bits per heavy atom. The molecule has 1 aliphatic carbocycles. The third-order valence-corrected chi connectivity index (χ3v) is 3.95. The van der Waals surface area contributed by atoms with Crippen LogP contribution in [0.5, 0.6) is 0 Å². The maximum atomic E-state index is 12.4. The van der Waals surface area contributed by atoms with Gasteiger partial charge in [0.1, 0.15) is 5.56 Å². The van der Waals surface area contributed by atoms with E-state index in [9.17, 15) is 9.59 Å². The van der Waals surface area contributed by atoms with E-state index in [1.54, 1.807) is 6.07 Å². The Morgan fingerprint density at radius 1 is 1.33 bits per heavy atom. The number of pyridine rings is 1. The number of hydrogen-bond donors (Lipinski definition) is 1. The molecule has 2 rings (SSSR count). The summed E-state index contributed by atoms with van der Waals surface area (Å²) in [6, 6.07) is 1.74. The van der Waals surface area contributed by atoms with Crippen LogP contribution in [0.4, 0.5) is 0 Å². The van der Waals surface area contributed by atoms with Crippen molar-refractivity contribution in [3.63, 3.8) is 0 Å². The molecule has 1 heterocycles. The number of carbonyl (C=O) groups is 1. The molecule has 1 amide bonds. The first-order chi connectivity index (χ1) is 9.69. The molecular formula is C14H19BrN3O2Rb. The van der Waals surface area contributed by atoms with Gasteiger partial charge in [0.25, 0.3) is 5.91 Å². The number of nitrogens with one attached hydrogen (secondary N) is 1. The van der Waals surface area contributed by atoms with Crippen LogP contribution in [0, 0.1) is 0 Å². The zero-order valence-electron chi connectivity index (χ0n) is 12.6. The minimum Gasteiger partial charge on any atom is -0.614 e. The second-order valence-electron chi connectivity index (χ2n) is 4.94. The number of rotatable bonds is 3. The van der Waals surface area contributed by atoms with Crippen LogP contribution < -0.4 is 68.1 Å². The molecular weight excluding hydrogens is 408 g/mol. The number of aromatic nitrogens is 1. The van der Waals surface area contributed by atoms with Crippen LogP contribution in [0.1, 0.15) is 54.2 Å². The maximum Gasteiger partial charge on any atom is 1.00 e. The van der Waals surface area contributed by atoms with Gasteiger partial charge in [-0.1, -0.05) is 19.8 Å². The fraction of sp³-hybridized carbons (Fsp3) is 0.571. The minimum atomic E-state index is -0.417. The second-order valence-corrected chi connectivity index (χ2v) is 5.34. The number of halogens is 1. The Balaban J connectivity index is 0.00000220. The van der Waals surface area contributed by atoms with E-state index in [0.717, 1.165) is 36.9 Å². The summed E-state index contributed by atoms with van der Waals surface area (Å²) in [4.78, 5) is 24.2. The molecule has 0 bridgehead atoms. The molecule has 110 valence electrons. The zero-order valence-corrected chi connectivity index (χ0v) is 19.1. The summed E-state index contributed by atoms with van der Waals surface area (Å²) < 4.78 is 3.79. The normalized spacial score (nSPS) is 14.2. The average molecular weight is 427 g/mol. The summed E-state index contributed by atoms with van der Waals surface area (Å²) in [5.74, 6) is -0.417. The van der Waals surface area contributed by atoms with Gasteiger partial charge in [0.2, 0.25) is 5.56 Å². The van der Waals surface area contributed by atoms with E-state index in [1.807, 2.05) is 6.92 Å². The first kappa shape index (κ1) is 19.6. The quantitative estimate of drug-likeness (QED) is 0.675. The van der Waals surface area contributed by atoms with Crippen molar-refractivity contribution in [2.24, 2.45) is 0 Å². The first-order valence-electron chi connectivity index (χ1n) is 7.05. The molecule has 0 radical (unpaired) electrons. The van der Waals surface area contributed by atoms with Crippen LogP contribution >= 0.6 is 16.1 Å². The van der Waals surface area contributed by atoms with Crippen molar-refractivity contribution in [1.29, 1.82) is 0 Å². The molecule has 0 saturated carbocycles. The van der Waals surface area contributed by atoms with Gasteiger partial charge < -0.3 is 10.1 Å². The summed E-state index contributed by atoms with van der Waals surface area (Å²) >= 11 is 2.89. The average Bonchev–Trinajstić information content (AvgIpc) is 2.42. The van der Waals surface area contributed by atoms with E-state index in [2.05, 4.69) is 25.9 Å². The van der Waals surface area contributed by atoms with Crippen LogP contribution in [0.3, 0.4) is 0 Å². The molecule has 0 atom stereocenters. The van der Waals surface area contributed by atoms with Gasteiger partial charge in [-0.15, -0.1) is 6.54 Å². The van der Waals surface area contributed by atoms with Gasteiger partial charge in [-0.05, 0) is 37.3 Å². The molecule has 0 aromatic carbocycles. The monoisotopic (exact) mass is 425 g/mol. The van der Waals surface area contributed by atoms with E-state index in [1.165, 1.54) is 17.5 Å². The Kier molecular flexibility index (Phi) is 8.94. The number of hydrogen-bond acceptors (Lipinski definition) is 2. The Morgan fingerprint density at radius 3 is 2.62 bits per heavy atom. The Hall–Kier alpha value is 0.505. The van der Waals surface area contributed by atoms with Crippen molar-refractivity contribution >= 4 is 22.1 Å². The van der Waals surface area contributed by atoms with E-state index in [0.29, 0.717) is 6.54 Å². The van der Waals surface area contributed by atoms with Gasteiger partial charge in [0, 0.05) is 21.8 Å². The molecule has 0 saturated heterocycles. The predicted molar refractivity (Wildman–Crippen MR) is 82.3 cm³/mol. The summed E-state index contributed by atoms with van der Waals surface area (Å²) in [5, 5.41) is 0. The molecule has 7 heteroatoms. The largest absolute Gasteiger partial charge is 1.00 e. The van der Waals surface area contributed by atoms with Crippen molar-refractivity contribution in [3.05, 3.63) is 38.7 Å². The molecule has 0 aliphatic heterocycles. The number of aryl methyl sites for hydroxylation is 1. The van der Waals surface area contributed by atoms with Crippen molar-refractivity contribution < 1.29 is 63.0 Å². The maximum absolute atomic E-state index is 12.4. The van der Waals surface area contributed by atoms with Crippen molar-refractivity contribution in [2.75, 3.05) is 6.54 Å².